The van der Waals surface area contributed by atoms with Gasteiger partial charge in [-0.25, -0.2) is 0 Å². The molecule has 0 radical (unpaired) electrons. The zero-order chi connectivity index (χ0) is 14.0. The van der Waals surface area contributed by atoms with E-state index in [1.54, 1.807) is 38.1 Å². The van der Waals surface area contributed by atoms with E-state index in [0.29, 0.717) is 21.5 Å². The van der Waals surface area contributed by atoms with Crippen LogP contribution in [0.1, 0.15) is 30.1 Å². The van der Waals surface area contributed by atoms with Crippen LogP contribution in [0, 0.1) is 0 Å². The highest BCUT2D eigenvalue weighted by Crippen LogP contribution is 2.44. The summed E-state index contributed by atoms with van der Waals surface area (Å²) in [6.07, 6.45) is 2.01. The second kappa shape index (κ2) is 5.75. The number of carbonyl (C=O) groups excluding carboxylic acids is 1. The van der Waals surface area contributed by atoms with E-state index in [4.69, 9.17) is 9.47 Å². The molecule has 5 heteroatoms. The Hall–Kier alpha value is -0.680. The molecule has 104 valence electrons. The monoisotopic (exact) mass is 344 g/mol. The second-order valence-electron chi connectivity index (χ2n) is 4.67. The van der Waals surface area contributed by atoms with Gasteiger partial charge < -0.3 is 9.47 Å². The number of thioether (sulfide) groups is 1. The van der Waals surface area contributed by atoms with Gasteiger partial charge in [-0.2, -0.15) is 0 Å². The van der Waals surface area contributed by atoms with Gasteiger partial charge in [-0.15, -0.1) is 11.8 Å². The Labute approximate surface area is 126 Å². The molecule has 1 aliphatic heterocycles. The Morgan fingerprint density at radius 2 is 2.11 bits per heavy atom. The molecule has 0 saturated carbocycles. The first kappa shape index (κ1) is 14.7. The molecule has 1 fully saturated rings. The van der Waals surface area contributed by atoms with Crippen molar-refractivity contribution in [3.8, 4) is 11.5 Å². The van der Waals surface area contributed by atoms with E-state index in [-0.39, 0.29) is 10.5 Å². The van der Waals surface area contributed by atoms with E-state index >= 15 is 0 Å². The molecule has 1 heterocycles. The fraction of sp³-hybridized carbons (Fsp3) is 0.500. The van der Waals surface area contributed by atoms with Crippen molar-refractivity contribution in [2.24, 2.45) is 0 Å². The van der Waals surface area contributed by atoms with Crippen molar-refractivity contribution in [3.63, 3.8) is 0 Å². The van der Waals surface area contributed by atoms with Gasteiger partial charge in [0.2, 0.25) is 0 Å². The number of ether oxygens (including phenoxy) is 2. The standard InChI is InChI=1S/C14H17BrO3S/c1-14(7-4-8-19-14)13(16)9-5-6-10(17-2)11(15)12(9)18-3/h5-6H,4,7-8H2,1-3H3. The maximum Gasteiger partial charge on any atom is 0.182 e. The molecule has 0 amide bonds. The Bertz CT molecular complexity index is 496. The first-order valence-corrected chi connectivity index (χ1v) is 7.90. The molecule has 1 atom stereocenters. The zero-order valence-corrected chi connectivity index (χ0v) is 13.7. The average molecular weight is 345 g/mol. The number of carbonyl (C=O) groups is 1. The van der Waals surface area contributed by atoms with Crippen LogP contribution in [0.15, 0.2) is 16.6 Å². The minimum atomic E-state index is -0.332. The van der Waals surface area contributed by atoms with E-state index in [1.807, 2.05) is 6.92 Å². The smallest absolute Gasteiger partial charge is 0.182 e. The first-order valence-electron chi connectivity index (χ1n) is 6.12. The van der Waals surface area contributed by atoms with Crippen LogP contribution in [0.3, 0.4) is 0 Å². The highest BCUT2D eigenvalue weighted by Gasteiger charge is 2.39. The molecule has 1 saturated heterocycles. The Balaban J connectivity index is 2.45. The Morgan fingerprint density at radius 3 is 2.63 bits per heavy atom. The number of rotatable bonds is 4. The quantitative estimate of drug-likeness (QED) is 0.775. The summed E-state index contributed by atoms with van der Waals surface area (Å²) in [5.41, 5.74) is 0.618. The molecule has 0 aliphatic carbocycles. The summed E-state index contributed by atoms with van der Waals surface area (Å²) in [7, 11) is 3.16. The van der Waals surface area contributed by atoms with Gasteiger partial charge in [-0.1, -0.05) is 0 Å². The largest absolute Gasteiger partial charge is 0.495 e. The zero-order valence-electron chi connectivity index (χ0n) is 11.3. The molecule has 19 heavy (non-hydrogen) atoms. The number of hydrogen-bond acceptors (Lipinski definition) is 4. The maximum absolute atomic E-state index is 12.7. The van der Waals surface area contributed by atoms with Crippen molar-refractivity contribution in [2.45, 2.75) is 24.5 Å². The van der Waals surface area contributed by atoms with Crippen molar-refractivity contribution in [1.29, 1.82) is 0 Å². The van der Waals surface area contributed by atoms with Gasteiger partial charge >= 0.3 is 0 Å². The molecule has 3 nitrogen and oxygen atoms in total. The van der Waals surface area contributed by atoms with Gasteiger partial charge in [0.1, 0.15) is 16.0 Å². The van der Waals surface area contributed by atoms with Gasteiger partial charge in [0.15, 0.2) is 5.78 Å². The molecular weight excluding hydrogens is 328 g/mol. The number of ketones is 1. The van der Waals surface area contributed by atoms with Crippen LogP contribution in [0.4, 0.5) is 0 Å². The van der Waals surface area contributed by atoms with Crippen molar-refractivity contribution >= 4 is 33.5 Å². The third-order valence-electron chi connectivity index (χ3n) is 3.43. The van der Waals surface area contributed by atoms with Gasteiger partial charge in [-0.3, -0.25) is 4.79 Å². The average Bonchev–Trinajstić information content (AvgIpc) is 2.85. The molecule has 0 spiro atoms. The van der Waals surface area contributed by atoms with Crippen molar-refractivity contribution < 1.29 is 14.3 Å². The number of hydrogen-bond donors (Lipinski definition) is 0. The van der Waals surface area contributed by atoms with Crippen LogP contribution in [0.25, 0.3) is 0 Å². The van der Waals surface area contributed by atoms with E-state index < -0.39 is 0 Å². The van der Waals surface area contributed by atoms with Crippen LogP contribution >= 0.6 is 27.7 Å². The number of halogens is 1. The van der Waals surface area contributed by atoms with Gasteiger partial charge in [0.05, 0.1) is 24.5 Å². The van der Waals surface area contributed by atoms with E-state index in [2.05, 4.69) is 15.9 Å². The summed E-state index contributed by atoms with van der Waals surface area (Å²) in [4.78, 5) is 12.7. The Kier molecular flexibility index (Phi) is 4.46. The maximum atomic E-state index is 12.7. The lowest BCUT2D eigenvalue weighted by Crippen LogP contribution is -2.29. The van der Waals surface area contributed by atoms with Crippen LogP contribution in [-0.4, -0.2) is 30.5 Å². The topological polar surface area (TPSA) is 35.5 Å². The highest BCUT2D eigenvalue weighted by atomic mass is 79.9. The van der Waals surface area contributed by atoms with E-state index in [0.717, 1.165) is 18.6 Å². The lowest BCUT2D eigenvalue weighted by atomic mass is 9.94. The predicted octanol–water partition coefficient (Wildman–Crippen LogP) is 3.93. The first-order chi connectivity index (χ1) is 9.03. The van der Waals surface area contributed by atoms with Crippen LogP contribution < -0.4 is 9.47 Å². The third-order valence-corrected chi connectivity index (χ3v) is 5.70. The summed E-state index contributed by atoms with van der Waals surface area (Å²) in [5.74, 6) is 2.40. The fourth-order valence-corrected chi connectivity index (χ4v) is 4.26. The van der Waals surface area contributed by atoms with Gasteiger partial charge in [-0.05, 0) is 53.6 Å². The SMILES string of the molecule is COc1ccc(C(=O)C2(C)CCCS2)c(OC)c1Br. The molecule has 0 aromatic heterocycles. The van der Waals surface area contributed by atoms with Crippen molar-refractivity contribution in [3.05, 3.63) is 22.2 Å². The van der Waals surface area contributed by atoms with Gasteiger partial charge in [0.25, 0.3) is 0 Å². The summed E-state index contributed by atoms with van der Waals surface area (Å²) in [6, 6.07) is 3.58. The predicted molar refractivity (Wildman–Crippen MR) is 81.7 cm³/mol. The molecule has 1 aromatic rings. The fourth-order valence-electron chi connectivity index (χ4n) is 2.32. The molecule has 1 aliphatic rings. The lowest BCUT2D eigenvalue weighted by Gasteiger charge is -2.23. The van der Waals surface area contributed by atoms with Crippen LogP contribution in [-0.2, 0) is 0 Å². The van der Waals surface area contributed by atoms with Crippen LogP contribution in [0.5, 0.6) is 11.5 Å². The molecule has 0 bridgehead atoms. The molecule has 0 N–H and O–H groups in total. The molecule has 2 rings (SSSR count). The van der Waals surface area contributed by atoms with Crippen LogP contribution in [0.2, 0.25) is 0 Å². The summed E-state index contributed by atoms with van der Waals surface area (Å²) in [6.45, 7) is 2.02. The van der Waals surface area contributed by atoms with E-state index in [1.165, 1.54) is 0 Å². The van der Waals surface area contributed by atoms with Crippen molar-refractivity contribution in [1.82, 2.24) is 0 Å². The van der Waals surface area contributed by atoms with Crippen molar-refractivity contribution in [2.75, 3.05) is 20.0 Å². The molecule has 1 aromatic carbocycles. The van der Waals surface area contributed by atoms with E-state index in [9.17, 15) is 4.79 Å². The minimum Gasteiger partial charge on any atom is -0.495 e. The number of benzene rings is 1. The molecule has 1 unspecified atom stereocenters. The summed E-state index contributed by atoms with van der Waals surface area (Å²) < 4.78 is 11.0. The Morgan fingerprint density at radius 1 is 1.37 bits per heavy atom. The normalized spacial score (nSPS) is 22.3. The van der Waals surface area contributed by atoms with Gasteiger partial charge in [0, 0.05) is 0 Å². The summed E-state index contributed by atoms with van der Waals surface area (Å²) >= 11 is 5.17. The highest BCUT2D eigenvalue weighted by molar-refractivity contribution is 9.10. The molecular formula is C14H17BrO3S. The minimum absolute atomic E-state index is 0.134. The lowest BCUT2D eigenvalue weighted by molar-refractivity contribution is 0.0946. The second-order valence-corrected chi connectivity index (χ2v) is 7.07. The number of Topliss-reactive ketones (excluding diaryl/α,β-unsaturated/α-hetero) is 1. The summed E-state index contributed by atoms with van der Waals surface area (Å²) in [5, 5.41) is 0. The number of methoxy groups -OCH3 is 2. The third kappa shape index (κ3) is 2.63.